The first-order valence-corrected chi connectivity index (χ1v) is 6.24. The summed E-state index contributed by atoms with van der Waals surface area (Å²) in [4.78, 5) is 11.9. The maximum Gasteiger partial charge on any atom is 0.416 e. The lowest BCUT2D eigenvalue weighted by atomic mass is 10.1. The summed E-state index contributed by atoms with van der Waals surface area (Å²) < 4.78 is 42.4. The van der Waals surface area contributed by atoms with Crippen LogP contribution in [0, 0.1) is 11.3 Å². The maximum atomic E-state index is 12.4. The predicted octanol–water partition coefficient (Wildman–Crippen LogP) is 4.13. The monoisotopic (exact) mass is 305 g/mol. The van der Waals surface area contributed by atoms with Gasteiger partial charge in [-0.25, -0.2) is 4.79 Å². The second-order valence-corrected chi connectivity index (χ2v) is 4.40. The summed E-state index contributed by atoms with van der Waals surface area (Å²) >= 11 is 0. The molecule has 0 amide bonds. The molecule has 0 radical (unpaired) electrons. The lowest BCUT2D eigenvalue weighted by Gasteiger charge is -2.12. The number of nitrogens with zero attached hydrogens (tertiary/aromatic N) is 1. The summed E-state index contributed by atoms with van der Waals surface area (Å²) in [5, 5.41) is 9.05. The summed E-state index contributed by atoms with van der Waals surface area (Å²) in [6, 6.07) is 13.8. The van der Waals surface area contributed by atoms with Crippen molar-refractivity contribution in [3.63, 3.8) is 0 Å². The molecule has 112 valence electrons. The lowest BCUT2D eigenvalue weighted by molar-refractivity contribution is -0.137. The van der Waals surface area contributed by atoms with Crippen molar-refractivity contribution in [3.8, 4) is 6.07 Å². The third-order valence-corrected chi connectivity index (χ3v) is 2.89. The summed E-state index contributed by atoms with van der Waals surface area (Å²) in [6.45, 7) is 0. The first-order chi connectivity index (χ1) is 10.4. The lowest BCUT2D eigenvalue weighted by Crippen LogP contribution is -2.11. The van der Waals surface area contributed by atoms with Crippen molar-refractivity contribution in [2.24, 2.45) is 0 Å². The average Bonchev–Trinajstić information content (AvgIpc) is 2.52. The van der Waals surface area contributed by atoms with Gasteiger partial charge in [0.1, 0.15) is 6.07 Å². The minimum atomic E-state index is -4.47. The van der Waals surface area contributed by atoms with Gasteiger partial charge in [0.25, 0.3) is 0 Å². The molecule has 0 aliphatic heterocycles. The average molecular weight is 305 g/mol. The summed E-state index contributed by atoms with van der Waals surface area (Å²) in [5.41, 5.74) is -0.418. The van der Waals surface area contributed by atoms with Gasteiger partial charge in [0.2, 0.25) is 6.10 Å². The SMILES string of the molecule is N#CC(OC(=O)c1ccc(C(F)(F)F)cc1)c1ccccc1. The fourth-order valence-electron chi connectivity index (χ4n) is 1.77. The molecule has 0 fully saturated rings. The van der Waals surface area contributed by atoms with E-state index in [4.69, 9.17) is 10.00 Å². The van der Waals surface area contributed by atoms with E-state index in [1.807, 2.05) is 6.07 Å². The number of benzene rings is 2. The predicted molar refractivity (Wildman–Crippen MR) is 71.7 cm³/mol. The molecule has 0 bridgehead atoms. The standard InChI is InChI=1S/C16H10F3NO2/c17-16(18,19)13-8-6-12(7-9-13)15(21)22-14(10-20)11-4-2-1-3-5-11/h1-9,14H. The first-order valence-electron chi connectivity index (χ1n) is 6.24. The number of alkyl halides is 3. The van der Waals surface area contributed by atoms with E-state index in [1.165, 1.54) is 0 Å². The molecule has 2 aromatic rings. The Balaban J connectivity index is 2.13. The van der Waals surface area contributed by atoms with E-state index < -0.39 is 23.8 Å². The molecule has 0 N–H and O–H groups in total. The molecule has 2 aromatic carbocycles. The number of rotatable bonds is 3. The molecule has 0 heterocycles. The van der Waals surface area contributed by atoms with Gasteiger partial charge in [0, 0.05) is 5.56 Å². The zero-order chi connectivity index (χ0) is 16.2. The second-order valence-electron chi connectivity index (χ2n) is 4.40. The largest absolute Gasteiger partial charge is 0.438 e. The van der Waals surface area contributed by atoms with E-state index in [9.17, 15) is 18.0 Å². The highest BCUT2D eigenvalue weighted by Gasteiger charge is 2.30. The van der Waals surface area contributed by atoms with Gasteiger partial charge in [-0.1, -0.05) is 30.3 Å². The van der Waals surface area contributed by atoms with Crippen molar-refractivity contribution in [1.29, 1.82) is 5.26 Å². The molecule has 0 aliphatic carbocycles. The third kappa shape index (κ3) is 3.64. The molecule has 2 rings (SSSR count). The molecule has 0 aromatic heterocycles. The number of hydrogen-bond donors (Lipinski definition) is 0. The normalized spacial score (nSPS) is 12.3. The van der Waals surface area contributed by atoms with E-state index in [1.54, 1.807) is 30.3 Å². The van der Waals surface area contributed by atoms with Crippen LogP contribution < -0.4 is 0 Å². The van der Waals surface area contributed by atoms with Crippen LogP contribution in [0.4, 0.5) is 13.2 Å². The Morgan fingerprint density at radius 2 is 1.64 bits per heavy atom. The molecule has 22 heavy (non-hydrogen) atoms. The van der Waals surface area contributed by atoms with Crippen molar-refractivity contribution < 1.29 is 22.7 Å². The van der Waals surface area contributed by atoms with E-state index in [-0.39, 0.29) is 5.56 Å². The highest BCUT2D eigenvalue weighted by molar-refractivity contribution is 5.89. The van der Waals surface area contributed by atoms with Gasteiger partial charge < -0.3 is 4.74 Å². The van der Waals surface area contributed by atoms with Gasteiger partial charge in [0.15, 0.2) is 0 Å². The van der Waals surface area contributed by atoms with Gasteiger partial charge in [-0.05, 0) is 24.3 Å². The van der Waals surface area contributed by atoms with Gasteiger partial charge in [-0.2, -0.15) is 18.4 Å². The summed E-state index contributed by atoms with van der Waals surface area (Å²) in [5.74, 6) is -0.857. The van der Waals surface area contributed by atoms with E-state index in [2.05, 4.69) is 0 Å². The highest BCUT2D eigenvalue weighted by atomic mass is 19.4. The van der Waals surface area contributed by atoms with Crippen LogP contribution in [0.1, 0.15) is 27.6 Å². The van der Waals surface area contributed by atoms with Crippen LogP contribution in [0.3, 0.4) is 0 Å². The Morgan fingerprint density at radius 3 is 2.14 bits per heavy atom. The molecule has 3 nitrogen and oxygen atoms in total. The maximum absolute atomic E-state index is 12.4. The minimum absolute atomic E-state index is 0.0517. The number of esters is 1. The zero-order valence-electron chi connectivity index (χ0n) is 11.2. The molecular formula is C16H10F3NO2. The first kappa shape index (κ1) is 15.6. The minimum Gasteiger partial charge on any atom is -0.438 e. The van der Waals surface area contributed by atoms with Gasteiger partial charge in [0.05, 0.1) is 11.1 Å². The zero-order valence-corrected chi connectivity index (χ0v) is 11.2. The molecule has 1 atom stereocenters. The number of halogens is 3. The number of ether oxygens (including phenoxy) is 1. The van der Waals surface area contributed by atoms with Crippen molar-refractivity contribution in [1.82, 2.24) is 0 Å². The van der Waals surface area contributed by atoms with Crippen LogP contribution in [0.15, 0.2) is 54.6 Å². The molecule has 0 spiro atoms. The molecular weight excluding hydrogens is 295 g/mol. The van der Waals surface area contributed by atoms with Crippen LogP contribution in [0.5, 0.6) is 0 Å². The van der Waals surface area contributed by atoms with Crippen LogP contribution in [-0.2, 0) is 10.9 Å². The fraction of sp³-hybridized carbons (Fsp3) is 0.125. The van der Waals surface area contributed by atoms with E-state index in [0.29, 0.717) is 5.56 Å². The van der Waals surface area contributed by atoms with Crippen molar-refractivity contribution in [2.45, 2.75) is 12.3 Å². The molecule has 6 heteroatoms. The second kappa shape index (κ2) is 6.31. The van der Waals surface area contributed by atoms with Crippen LogP contribution in [0.2, 0.25) is 0 Å². The quantitative estimate of drug-likeness (QED) is 0.801. The van der Waals surface area contributed by atoms with E-state index >= 15 is 0 Å². The van der Waals surface area contributed by atoms with Crippen molar-refractivity contribution >= 4 is 5.97 Å². The molecule has 1 unspecified atom stereocenters. The molecule has 0 aliphatic rings. The molecule has 0 saturated heterocycles. The Kier molecular flexibility index (Phi) is 4.47. The number of carbonyl (C=O) groups is 1. The summed E-state index contributed by atoms with van der Waals surface area (Å²) in [7, 11) is 0. The van der Waals surface area contributed by atoms with Crippen LogP contribution in [0.25, 0.3) is 0 Å². The Hall–Kier alpha value is -2.81. The van der Waals surface area contributed by atoms with E-state index in [0.717, 1.165) is 24.3 Å². The highest BCUT2D eigenvalue weighted by Crippen LogP contribution is 2.29. The Bertz CT molecular complexity index is 688. The Morgan fingerprint density at radius 1 is 1.05 bits per heavy atom. The number of nitriles is 1. The van der Waals surface area contributed by atoms with Crippen LogP contribution in [-0.4, -0.2) is 5.97 Å². The van der Waals surface area contributed by atoms with Gasteiger partial charge >= 0.3 is 12.1 Å². The third-order valence-electron chi connectivity index (χ3n) is 2.89. The number of hydrogen-bond acceptors (Lipinski definition) is 3. The summed E-state index contributed by atoms with van der Waals surface area (Å²) in [6.07, 6.45) is -5.59. The smallest absolute Gasteiger partial charge is 0.416 e. The van der Waals surface area contributed by atoms with Crippen molar-refractivity contribution in [3.05, 3.63) is 71.3 Å². The Labute approximate surface area is 124 Å². The van der Waals surface area contributed by atoms with Crippen molar-refractivity contribution in [2.75, 3.05) is 0 Å². The fourth-order valence-corrected chi connectivity index (χ4v) is 1.77. The number of carbonyl (C=O) groups excluding carboxylic acids is 1. The topological polar surface area (TPSA) is 50.1 Å². The van der Waals surface area contributed by atoms with Gasteiger partial charge in [-0.15, -0.1) is 0 Å². The van der Waals surface area contributed by atoms with Gasteiger partial charge in [-0.3, -0.25) is 0 Å². The molecule has 0 saturated carbocycles. The van der Waals surface area contributed by atoms with Crippen LogP contribution >= 0.6 is 0 Å².